The summed E-state index contributed by atoms with van der Waals surface area (Å²) in [4.78, 5) is 0. The van der Waals surface area contributed by atoms with Crippen LogP contribution in [0.25, 0.3) is 0 Å². The average Bonchev–Trinajstić information content (AvgIpc) is 2.31. The molecule has 0 aliphatic rings. The second-order valence-corrected chi connectivity index (χ2v) is 1.98. The molecule has 54 valence electrons. The minimum atomic E-state index is 0.759. The van der Waals surface area contributed by atoms with Crippen molar-refractivity contribution in [1.82, 2.24) is 20.2 Å². The van der Waals surface area contributed by atoms with Crippen LogP contribution in [-0.4, -0.2) is 20.2 Å². The first-order valence-corrected chi connectivity index (χ1v) is 3.18. The predicted octanol–water partition coefficient (Wildman–Crippen LogP) is 0.558. The number of aryl methyl sites for hydroxylation is 1. The second-order valence-electron chi connectivity index (χ2n) is 1.98. The summed E-state index contributed by atoms with van der Waals surface area (Å²) in [6.07, 6.45) is 3.98. The van der Waals surface area contributed by atoms with Gasteiger partial charge in [-0.3, -0.25) is 0 Å². The van der Waals surface area contributed by atoms with Gasteiger partial charge < -0.3 is 0 Å². The molecule has 0 saturated carbocycles. The first-order chi connectivity index (χ1) is 4.84. The fourth-order valence-electron chi connectivity index (χ4n) is 0.623. The average molecular weight is 138 g/mol. The van der Waals surface area contributed by atoms with E-state index >= 15 is 0 Å². The molecule has 0 fully saturated rings. The highest BCUT2D eigenvalue weighted by molar-refractivity contribution is 4.81. The maximum absolute atomic E-state index is 3.76. The lowest BCUT2D eigenvalue weighted by molar-refractivity contribution is 0.644. The third kappa shape index (κ3) is 1.40. The number of hydrogen-bond acceptors (Lipinski definition) is 3. The molecule has 1 aromatic heterocycles. The molecule has 1 rings (SSSR count). The fourth-order valence-corrected chi connectivity index (χ4v) is 0.623. The smallest absolute Gasteiger partial charge is 0.148 e. The molecule has 0 atom stereocenters. The lowest BCUT2D eigenvalue weighted by Crippen LogP contribution is -1.99. The summed E-state index contributed by atoms with van der Waals surface area (Å²) in [5, 5.41) is 11.0. The van der Waals surface area contributed by atoms with Gasteiger partial charge in [-0.05, 0) is 24.3 Å². The molecule has 0 aliphatic carbocycles. The summed E-state index contributed by atoms with van der Waals surface area (Å²) in [6.45, 7) is 4.61. The van der Waals surface area contributed by atoms with Crippen molar-refractivity contribution >= 4 is 0 Å². The molecule has 0 saturated heterocycles. The van der Waals surface area contributed by atoms with Crippen molar-refractivity contribution in [2.75, 3.05) is 0 Å². The number of allylic oxidation sites excluding steroid dienone is 2. The van der Waals surface area contributed by atoms with Gasteiger partial charge in [0.05, 0.1) is 6.54 Å². The fraction of sp³-hybridized carbons (Fsp3) is 0.500. The molecular weight excluding hydrogens is 128 g/mol. The van der Waals surface area contributed by atoms with E-state index in [1.54, 1.807) is 4.68 Å². The Bertz CT molecular complexity index is 225. The molecule has 0 aliphatic heterocycles. The highest BCUT2D eigenvalue weighted by Crippen LogP contribution is 1.87. The summed E-state index contributed by atoms with van der Waals surface area (Å²) in [5.74, 6) is 0.845. The van der Waals surface area contributed by atoms with E-state index in [9.17, 15) is 0 Å². The van der Waals surface area contributed by atoms with Gasteiger partial charge in [0.1, 0.15) is 5.82 Å². The molecule has 10 heavy (non-hydrogen) atoms. The van der Waals surface area contributed by atoms with Crippen molar-refractivity contribution in [2.24, 2.45) is 0 Å². The van der Waals surface area contributed by atoms with E-state index in [-0.39, 0.29) is 0 Å². The molecule has 0 unspecified atom stereocenters. The quantitative estimate of drug-likeness (QED) is 0.561. The third-order valence-electron chi connectivity index (χ3n) is 1.23. The van der Waals surface area contributed by atoms with Crippen LogP contribution in [0.5, 0.6) is 0 Å². The lowest BCUT2D eigenvalue weighted by Gasteiger charge is -1.92. The van der Waals surface area contributed by atoms with Crippen molar-refractivity contribution in [1.29, 1.82) is 0 Å². The summed E-state index contributed by atoms with van der Waals surface area (Å²) in [6, 6.07) is 0. The number of hydrogen-bond donors (Lipinski definition) is 0. The van der Waals surface area contributed by atoms with Gasteiger partial charge in [-0.25, -0.2) is 4.68 Å². The number of aromatic nitrogens is 4. The molecule has 0 bridgehead atoms. The van der Waals surface area contributed by atoms with Crippen molar-refractivity contribution in [3.05, 3.63) is 18.0 Å². The summed E-state index contributed by atoms with van der Waals surface area (Å²) in [7, 11) is 0. The minimum Gasteiger partial charge on any atom is -0.226 e. The Hall–Kier alpha value is -1.19. The van der Waals surface area contributed by atoms with Crippen molar-refractivity contribution in [3.63, 3.8) is 0 Å². The van der Waals surface area contributed by atoms with Gasteiger partial charge in [-0.2, -0.15) is 0 Å². The molecule has 4 nitrogen and oxygen atoms in total. The Balaban J connectivity index is 2.65. The van der Waals surface area contributed by atoms with Gasteiger partial charge in [-0.15, -0.1) is 5.10 Å². The van der Waals surface area contributed by atoms with Crippen LogP contribution in [0.1, 0.15) is 12.7 Å². The van der Waals surface area contributed by atoms with Crippen molar-refractivity contribution in [2.45, 2.75) is 20.4 Å². The van der Waals surface area contributed by atoms with E-state index in [2.05, 4.69) is 15.5 Å². The Kier molecular flexibility index (Phi) is 2.15. The van der Waals surface area contributed by atoms with E-state index in [0.717, 1.165) is 12.4 Å². The van der Waals surface area contributed by atoms with Gasteiger partial charge in [-0.1, -0.05) is 12.2 Å². The van der Waals surface area contributed by atoms with E-state index in [0.29, 0.717) is 0 Å². The van der Waals surface area contributed by atoms with E-state index < -0.39 is 0 Å². The summed E-state index contributed by atoms with van der Waals surface area (Å²) in [5.41, 5.74) is 0. The van der Waals surface area contributed by atoms with Gasteiger partial charge in [0.2, 0.25) is 0 Å². The Morgan fingerprint density at radius 3 is 2.90 bits per heavy atom. The zero-order valence-corrected chi connectivity index (χ0v) is 6.15. The SMILES string of the molecule is C/C=C/Cn1nnnc1C. The predicted molar refractivity (Wildman–Crippen MR) is 37.4 cm³/mol. The maximum atomic E-state index is 3.76. The monoisotopic (exact) mass is 138 g/mol. The van der Waals surface area contributed by atoms with Crippen LogP contribution in [0, 0.1) is 6.92 Å². The molecule has 0 amide bonds. The normalized spacial score (nSPS) is 11.0. The summed E-state index contributed by atoms with van der Waals surface area (Å²) < 4.78 is 1.74. The molecule has 0 N–H and O–H groups in total. The first-order valence-electron chi connectivity index (χ1n) is 3.18. The lowest BCUT2D eigenvalue weighted by atomic mass is 10.5. The van der Waals surface area contributed by atoms with Crippen LogP contribution in [0.2, 0.25) is 0 Å². The van der Waals surface area contributed by atoms with Gasteiger partial charge >= 0.3 is 0 Å². The molecule has 4 heteroatoms. The van der Waals surface area contributed by atoms with Crippen molar-refractivity contribution < 1.29 is 0 Å². The van der Waals surface area contributed by atoms with Crippen LogP contribution in [0.3, 0.4) is 0 Å². The maximum Gasteiger partial charge on any atom is 0.148 e. The van der Waals surface area contributed by atoms with E-state index in [4.69, 9.17) is 0 Å². The van der Waals surface area contributed by atoms with Gasteiger partial charge in [0, 0.05) is 0 Å². The van der Waals surface area contributed by atoms with Gasteiger partial charge in [0.25, 0.3) is 0 Å². The highest BCUT2D eigenvalue weighted by Gasteiger charge is 1.94. The van der Waals surface area contributed by atoms with Gasteiger partial charge in [0.15, 0.2) is 0 Å². The largest absolute Gasteiger partial charge is 0.226 e. The van der Waals surface area contributed by atoms with Crippen LogP contribution in [0.4, 0.5) is 0 Å². The van der Waals surface area contributed by atoms with E-state index in [1.807, 2.05) is 26.0 Å². The zero-order chi connectivity index (χ0) is 7.40. The number of rotatable bonds is 2. The standard InChI is InChI=1S/C6H10N4/c1-3-4-5-10-6(2)7-8-9-10/h3-4H,5H2,1-2H3/b4-3+. The van der Waals surface area contributed by atoms with Crippen LogP contribution < -0.4 is 0 Å². The Morgan fingerprint density at radius 1 is 1.60 bits per heavy atom. The molecule has 0 aromatic carbocycles. The number of nitrogens with zero attached hydrogens (tertiary/aromatic N) is 4. The number of tetrazole rings is 1. The molecule has 0 radical (unpaired) electrons. The second kappa shape index (κ2) is 3.10. The van der Waals surface area contributed by atoms with Crippen LogP contribution in [-0.2, 0) is 6.54 Å². The molecular formula is C6H10N4. The summed E-state index contributed by atoms with van der Waals surface area (Å²) >= 11 is 0. The highest BCUT2D eigenvalue weighted by atomic mass is 15.5. The zero-order valence-electron chi connectivity index (χ0n) is 6.15. The van der Waals surface area contributed by atoms with Crippen LogP contribution >= 0.6 is 0 Å². The molecule has 1 heterocycles. The Labute approximate surface area is 59.5 Å². The van der Waals surface area contributed by atoms with Crippen LogP contribution in [0.15, 0.2) is 12.2 Å². The first kappa shape index (κ1) is 6.92. The topological polar surface area (TPSA) is 43.6 Å². The molecule has 0 spiro atoms. The van der Waals surface area contributed by atoms with Crippen molar-refractivity contribution in [3.8, 4) is 0 Å². The Morgan fingerprint density at radius 2 is 2.40 bits per heavy atom. The third-order valence-corrected chi connectivity index (χ3v) is 1.23. The minimum absolute atomic E-state index is 0.759. The van der Waals surface area contributed by atoms with E-state index in [1.165, 1.54) is 0 Å². The molecule has 1 aromatic rings.